The van der Waals surface area contributed by atoms with E-state index in [9.17, 15) is 21.6 Å². The van der Waals surface area contributed by atoms with E-state index in [1.807, 2.05) is 19.1 Å². The summed E-state index contributed by atoms with van der Waals surface area (Å²) in [5, 5.41) is 0. The fraction of sp³-hybridized carbons (Fsp3) is 0.333. The Morgan fingerprint density at radius 3 is 2.56 bits per heavy atom. The largest absolute Gasteiger partial charge is 0.534 e. The molecule has 1 atom stereocenters. The number of alkyl halides is 3. The van der Waals surface area contributed by atoms with Crippen LogP contribution in [0.5, 0.6) is 17.4 Å². The van der Waals surface area contributed by atoms with Crippen molar-refractivity contribution in [3.8, 4) is 17.4 Å². The van der Waals surface area contributed by atoms with Crippen LogP contribution in [0.15, 0.2) is 41.5 Å². The lowest BCUT2D eigenvalue weighted by Crippen LogP contribution is -2.37. The van der Waals surface area contributed by atoms with E-state index in [4.69, 9.17) is 19.9 Å². The molecule has 2 N–H and O–H groups in total. The second-order valence-electron chi connectivity index (χ2n) is 8.44. The molecule has 3 aliphatic heterocycles. The summed E-state index contributed by atoms with van der Waals surface area (Å²) in [5.41, 5.74) is 0.177. The molecular weight excluding hydrogens is 479 g/mol. The van der Waals surface area contributed by atoms with Crippen LogP contribution < -0.4 is 14.7 Å². The molecule has 0 bridgehead atoms. The molecule has 9 nitrogen and oxygen atoms in total. The van der Waals surface area contributed by atoms with Crippen LogP contribution in [-0.4, -0.2) is 44.8 Å². The number of fused-ring (bicyclic) bond motifs is 4. The van der Waals surface area contributed by atoms with E-state index in [1.54, 1.807) is 12.3 Å². The standard InChI is InChI=1S/C21H18F3N3O6S/c1-19(9-30-10-19)5-4-12-6-15-17(26-8-12)32-16-3-2-13(33-34(28,29)21(22,23)24)7-14(16)20(15)11-31-18(25)27-20/h2-8H,9-11H2,1H3,(H2,25,27)/t20-/m0/s1. The van der Waals surface area contributed by atoms with Gasteiger partial charge in [-0.2, -0.15) is 21.6 Å². The zero-order chi connectivity index (χ0) is 24.4. The van der Waals surface area contributed by atoms with Crippen LogP contribution >= 0.6 is 0 Å². The van der Waals surface area contributed by atoms with E-state index in [0.29, 0.717) is 24.3 Å². The zero-order valence-corrected chi connectivity index (χ0v) is 18.4. The number of nitrogens with two attached hydrogens (primary N) is 1. The van der Waals surface area contributed by atoms with Gasteiger partial charge in [-0.05, 0) is 29.8 Å². The van der Waals surface area contributed by atoms with Gasteiger partial charge in [-0.25, -0.2) is 9.98 Å². The smallest absolute Gasteiger partial charge is 0.462 e. The van der Waals surface area contributed by atoms with Gasteiger partial charge in [0.25, 0.3) is 6.02 Å². The van der Waals surface area contributed by atoms with E-state index in [2.05, 4.69) is 14.2 Å². The average Bonchev–Trinajstić information content (AvgIpc) is 3.13. The summed E-state index contributed by atoms with van der Waals surface area (Å²) in [6.07, 6.45) is 5.48. The van der Waals surface area contributed by atoms with Crippen molar-refractivity contribution in [2.24, 2.45) is 16.1 Å². The Morgan fingerprint density at radius 1 is 1.18 bits per heavy atom. The summed E-state index contributed by atoms with van der Waals surface area (Å²) in [6, 6.07) is 5.05. The van der Waals surface area contributed by atoms with Crippen LogP contribution in [0, 0.1) is 5.41 Å². The summed E-state index contributed by atoms with van der Waals surface area (Å²) in [5.74, 6) is -0.159. The number of hydrogen-bond acceptors (Lipinski definition) is 9. The van der Waals surface area contributed by atoms with Crippen molar-refractivity contribution in [1.82, 2.24) is 4.98 Å². The summed E-state index contributed by atoms with van der Waals surface area (Å²) in [6.45, 7) is 3.14. The number of nitrogens with zero attached hydrogens (tertiary/aromatic N) is 2. The highest BCUT2D eigenvalue weighted by atomic mass is 32.2. The summed E-state index contributed by atoms with van der Waals surface area (Å²) >= 11 is 0. The number of hydrogen-bond donors (Lipinski definition) is 1. The minimum absolute atomic E-state index is 0.0913. The molecule has 1 aromatic heterocycles. The van der Waals surface area contributed by atoms with E-state index < -0.39 is 26.9 Å². The van der Waals surface area contributed by atoms with Crippen molar-refractivity contribution in [3.05, 3.63) is 53.2 Å². The fourth-order valence-electron chi connectivity index (χ4n) is 3.86. The fourth-order valence-corrected chi connectivity index (χ4v) is 4.31. The van der Waals surface area contributed by atoms with E-state index in [0.717, 1.165) is 12.1 Å². The van der Waals surface area contributed by atoms with Crippen molar-refractivity contribution in [2.45, 2.75) is 18.0 Å². The Morgan fingerprint density at radius 2 is 1.94 bits per heavy atom. The Bertz CT molecular complexity index is 1340. The maximum Gasteiger partial charge on any atom is 0.534 e. The first-order valence-electron chi connectivity index (χ1n) is 10.00. The molecule has 1 spiro atoms. The maximum absolute atomic E-state index is 12.8. The zero-order valence-electron chi connectivity index (χ0n) is 17.6. The first-order chi connectivity index (χ1) is 15.9. The molecule has 4 heterocycles. The van der Waals surface area contributed by atoms with Crippen LogP contribution in [0.1, 0.15) is 23.6 Å². The number of benzene rings is 1. The maximum atomic E-state index is 12.8. The van der Waals surface area contributed by atoms with Gasteiger partial charge in [-0.3, -0.25) is 0 Å². The summed E-state index contributed by atoms with van der Waals surface area (Å²) < 4.78 is 82.2. The van der Waals surface area contributed by atoms with Crippen LogP contribution in [0.25, 0.3) is 6.08 Å². The van der Waals surface area contributed by atoms with Crippen molar-refractivity contribution in [2.75, 3.05) is 19.8 Å². The molecule has 1 fully saturated rings. The van der Waals surface area contributed by atoms with Crippen LogP contribution in [-0.2, 0) is 25.1 Å². The molecule has 34 heavy (non-hydrogen) atoms. The molecule has 13 heteroatoms. The lowest BCUT2D eigenvalue weighted by Gasteiger charge is -2.35. The molecule has 0 aliphatic carbocycles. The van der Waals surface area contributed by atoms with Crippen molar-refractivity contribution < 1.29 is 40.0 Å². The third-order valence-corrected chi connectivity index (χ3v) is 6.66. The van der Waals surface area contributed by atoms with E-state index in [1.165, 1.54) is 6.07 Å². The lowest BCUT2D eigenvalue weighted by atomic mass is 9.81. The predicted octanol–water partition coefficient (Wildman–Crippen LogP) is 3.05. The van der Waals surface area contributed by atoms with Crippen LogP contribution in [0.4, 0.5) is 13.2 Å². The van der Waals surface area contributed by atoms with Gasteiger partial charge in [0.2, 0.25) is 5.88 Å². The van der Waals surface area contributed by atoms with Gasteiger partial charge < -0.3 is 24.1 Å². The highest BCUT2D eigenvalue weighted by molar-refractivity contribution is 7.88. The molecule has 5 rings (SSSR count). The molecule has 0 saturated carbocycles. The molecule has 180 valence electrons. The topological polar surface area (TPSA) is 122 Å². The molecular formula is C21H18F3N3O6S. The number of ether oxygens (including phenoxy) is 3. The number of aromatic nitrogens is 1. The van der Waals surface area contributed by atoms with Crippen molar-refractivity contribution >= 4 is 22.2 Å². The Kier molecular flexibility index (Phi) is 4.85. The number of halogens is 3. The van der Waals surface area contributed by atoms with Gasteiger partial charge in [0, 0.05) is 17.2 Å². The molecule has 0 unspecified atom stereocenters. The normalized spacial score (nSPS) is 22.9. The molecule has 0 radical (unpaired) electrons. The van der Waals surface area contributed by atoms with Gasteiger partial charge in [0.05, 0.1) is 18.8 Å². The summed E-state index contributed by atoms with van der Waals surface area (Å²) in [4.78, 5) is 8.78. The average molecular weight is 497 g/mol. The molecule has 2 aromatic rings. The molecule has 1 saturated heterocycles. The minimum atomic E-state index is -5.87. The molecule has 0 amide bonds. The van der Waals surface area contributed by atoms with Crippen molar-refractivity contribution in [3.63, 3.8) is 0 Å². The Labute approximate surface area is 192 Å². The van der Waals surface area contributed by atoms with E-state index in [-0.39, 0.29) is 35.2 Å². The quantitative estimate of drug-likeness (QED) is 0.505. The second kappa shape index (κ2) is 7.34. The van der Waals surface area contributed by atoms with Gasteiger partial charge in [0.1, 0.15) is 18.1 Å². The Balaban J connectivity index is 1.58. The third kappa shape index (κ3) is 3.64. The first-order valence-corrected chi connectivity index (χ1v) is 11.4. The number of rotatable bonds is 4. The number of amidine groups is 1. The highest BCUT2D eigenvalue weighted by Crippen LogP contribution is 2.51. The molecule has 1 aromatic carbocycles. The van der Waals surface area contributed by atoms with Gasteiger partial charge >= 0.3 is 15.6 Å². The van der Waals surface area contributed by atoms with Gasteiger partial charge in [-0.15, -0.1) is 0 Å². The van der Waals surface area contributed by atoms with Crippen LogP contribution in [0.3, 0.4) is 0 Å². The van der Waals surface area contributed by atoms with Gasteiger partial charge in [-0.1, -0.05) is 19.1 Å². The third-order valence-electron chi connectivity index (χ3n) is 5.68. The molecule has 3 aliphatic rings. The SMILES string of the molecule is CC1(C=Cc2cnc3c(c2)[C@]2(COC(N)=N2)c2cc(OS(=O)(=O)C(F)(F)F)ccc2O3)COC1. The van der Waals surface area contributed by atoms with Crippen molar-refractivity contribution in [1.29, 1.82) is 0 Å². The van der Waals surface area contributed by atoms with E-state index >= 15 is 0 Å². The minimum Gasteiger partial charge on any atom is -0.462 e. The second-order valence-corrected chi connectivity index (χ2v) is 9.98. The summed E-state index contributed by atoms with van der Waals surface area (Å²) in [7, 11) is -5.87. The van der Waals surface area contributed by atoms with Crippen LogP contribution in [0.2, 0.25) is 0 Å². The number of pyridine rings is 1. The number of aliphatic imine (C=N–C) groups is 1. The van der Waals surface area contributed by atoms with Gasteiger partial charge in [0.15, 0.2) is 5.54 Å². The first kappa shape index (κ1) is 22.5. The predicted molar refractivity (Wildman–Crippen MR) is 113 cm³/mol. The lowest BCUT2D eigenvalue weighted by molar-refractivity contribution is -0.0703. The monoisotopic (exact) mass is 497 g/mol. The highest BCUT2D eigenvalue weighted by Gasteiger charge is 2.50. The Hall–Kier alpha value is -3.32.